The maximum atomic E-state index is 8.98. The van der Waals surface area contributed by atoms with Gasteiger partial charge < -0.3 is 5.11 Å². The van der Waals surface area contributed by atoms with E-state index < -0.39 is 0 Å². The highest BCUT2D eigenvalue weighted by atomic mass is 79.9. The van der Waals surface area contributed by atoms with Gasteiger partial charge in [0.2, 0.25) is 0 Å². The highest BCUT2D eigenvalue weighted by Gasteiger charge is 2.12. The zero-order chi connectivity index (χ0) is 11.4. The van der Waals surface area contributed by atoms with E-state index in [1.807, 2.05) is 11.6 Å². The van der Waals surface area contributed by atoms with E-state index in [-0.39, 0.29) is 6.61 Å². The van der Waals surface area contributed by atoms with Crippen LogP contribution in [0.1, 0.15) is 31.7 Å². The second-order valence-electron chi connectivity index (χ2n) is 3.99. The minimum atomic E-state index is 0.261. The Hall–Kier alpha value is -0.350. The predicted octanol–water partition coefficient (Wildman–Crippen LogP) is 2.53. The maximum absolute atomic E-state index is 8.98. The average Bonchev–Trinajstić information content (AvgIpc) is 2.52. The first-order chi connectivity index (χ1) is 7.10. The second-order valence-corrected chi connectivity index (χ2v) is 4.78. The molecule has 0 bridgehead atoms. The molecule has 4 heteroatoms. The Kier molecular flexibility index (Phi) is 4.80. The van der Waals surface area contributed by atoms with E-state index in [0.29, 0.717) is 5.92 Å². The van der Waals surface area contributed by atoms with Crippen molar-refractivity contribution in [3.8, 4) is 0 Å². The maximum Gasteiger partial charge on any atom is 0.0738 e. The molecule has 1 unspecified atom stereocenters. The number of hydrogen-bond donors (Lipinski definition) is 1. The van der Waals surface area contributed by atoms with Crippen molar-refractivity contribution in [3.05, 3.63) is 15.9 Å². The van der Waals surface area contributed by atoms with Crippen LogP contribution in [0, 0.1) is 12.8 Å². The molecule has 1 heterocycles. The van der Waals surface area contributed by atoms with Gasteiger partial charge in [0, 0.05) is 13.2 Å². The molecular formula is C11H19BrN2O. The molecule has 0 fully saturated rings. The van der Waals surface area contributed by atoms with Crippen molar-refractivity contribution in [3.63, 3.8) is 0 Å². The lowest BCUT2D eigenvalue weighted by Gasteiger charge is -2.09. The zero-order valence-corrected chi connectivity index (χ0v) is 11.2. The standard InChI is InChI=1S/C11H19BrN2O/c1-4-14-10(6-5-8(2)7-15)11(12)9(3)13-14/h8,15H,4-7H2,1-3H3. The Bertz CT molecular complexity index is 323. The fourth-order valence-electron chi connectivity index (χ4n) is 1.58. The predicted molar refractivity (Wildman–Crippen MR) is 64.9 cm³/mol. The number of rotatable bonds is 5. The molecule has 1 aromatic rings. The highest BCUT2D eigenvalue weighted by Crippen LogP contribution is 2.23. The zero-order valence-electron chi connectivity index (χ0n) is 9.63. The van der Waals surface area contributed by atoms with Gasteiger partial charge in [-0.25, -0.2) is 0 Å². The summed E-state index contributed by atoms with van der Waals surface area (Å²) < 4.78 is 3.15. The molecule has 0 amide bonds. The van der Waals surface area contributed by atoms with Crippen LogP contribution in [0.2, 0.25) is 0 Å². The second kappa shape index (κ2) is 5.66. The molecule has 1 rings (SSSR count). The van der Waals surface area contributed by atoms with Crippen molar-refractivity contribution >= 4 is 15.9 Å². The van der Waals surface area contributed by atoms with Crippen LogP contribution >= 0.6 is 15.9 Å². The van der Waals surface area contributed by atoms with E-state index >= 15 is 0 Å². The molecule has 0 radical (unpaired) electrons. The Labute approximate surface area is 99.6 Å². The number of hydrogen-bond acceptors (Lipinski definition) is 2. The van der Waals surface area contributed by atoms with E-state index in [0.717, 1.165) is 29.6 Å². The van der Waals surface area contributed by atoms with Crippen molar-refractivity contribution in [1.82, 2.24) is 9.78 Å². The monoisotopic (exact) mass is 274 g/mol. The molecule has 0 aliphatic carbocycles. The van der Waals surface area contributed by atoms with Crippen LogP contribution in [0.5, 0.6) is 0 Å². The number of halogens is 1. The molecule has 86 valence electrons. The minimum Gasteiger partial charge on any atom is -0.396 e. The lowest BCUT2D eigenvalue weighted by atomic mass is 10.1. The van der Waals surface area contributed by atoms with Gasteiger partial charge in [-0.1, -0.05) is 6.92 Å². The molecular weight excluding hydrogens is 256 g/mol. The molecule has 3 nitrogen and oxygen atoms in total. The summed E-state index contributed by atoms with van der Waals surface area (Å²) in [5, 5.41) is 13.4. The molecule has 0 saturated carbocycles. The van der Waals surface area contributed by atoms with E-state index in [4.69, 9.17) is 5.11 Å². The van der Waals surface area contributed by atoms with E-state index in [1.54, 1.807) is 0 Å². The fourth-order valence-corrected chi connectivity index (χ4v) is 2.06. The van der Waals surface area contributed by atoms with Crippen LogP contribution < -0.4 is 0 Å². The molecule has 0 aliphatic rings. The topological polar surface area (TPSA) is 38.0 Å². The molecule has 0 aliphatic heterocycles. The summed E-state index contributed by atoms with van der Waals surface area (Å²) in [6, 6.07) is 0. The first-order valence-electron chi connectivity index (χ1n) is 5.42. The molecule has 1 aromatic heterocycles. The third-order valence-corrected chi connectivity index (χ3v) is 3.67. The lowest BCUT2D eigenvalue weighted by molar-refractivity contribution is 0.230. The SMILES string of the molecule is CCn1nc(C)c(Br)c1CCC(C)CO. The number of nitrogens with zero attached hydrogens (tertiary/aromatic N) is 2. The molecule has 1 N–H and O–H groups in total. The van der Waals surface area contributed by atoms with Gasteiger partial charge in [0.25, 0.3) is 0 Å². The number of aliphatic hydroxyl groups excluding tert-OH is 1. The fraction of sp³-hybridized carbons (Fsp3) is 0.727. The molecule has 0 aromatic carbocycles. The summed E-state index contributed by atoms with van der Waals surface area (Å²) in [5.41, 5.74) is 2.29. The Morgan fingerprint density at radius 2 is 2.20 bits per heavy atom. The Morgan fingerprint density at radius 1 is 1.53 bits per heavy atom. The van der Waals surface area contributed by atoms with Crippen molar-refractivity contribution in [2.75, 3.05) is 6.61 Å². The summed E-state index contributed by atoms with van der Waals surface area (Å²) in [4.78, 5) is 0. The third kappa shape index (κ3) is 3.05. The van der Waals surface area contributed by atoms with Crippen molar-refractivity contribution in [2.45, 2.75) is 40.2 Å². The van der Waals surface area contributed by atoms with Gasteiger partial charge in [0.15, 0.2) is 0 Å². The first-order valence-corrected chi connectivity index (χ1v) is 6.22. The van der Waals surface area contributed by atoms with Crippen LogP contribution in [-0.4, -0.2) is 21.5 Å². The average molecular weight is 275 g/mol. The van der Waals surface area contributed by atoms with Crippen LogP contribution in [-0.2, 0) is 13.0 Å². The van der Waals surface area contributed by atoms with Crippen LogP contribution in [0.3, 0.4) is 0 Å². The number of aliphatic hydroxyl groups is 1. The molecule has 1 atom stereocenters. The quantitative estimate of drug-likeness (QED) is 0.896. The van der Waals surface area contributed by atoms with E-state index in [9.17, 15) is 0 Å². The third-order valence-electron chi connectivity index (χ3n) is 2.64. The summed E-state index contributed by atoms with van der Waals surface area (Å²) >= 11 is 3.57. The Balaban J connectivity index is 2.74. The van der Waals surface area contributed by atoms with Gasteiger partial charge in [-0.3, -0.25) is 4.68 Å². The minimum absolute atomic E-state index is 0.261. The molecule has 0 saturated heterocycles. The number of aryl methyl sites for hydroxylation is 2. The van der Waals surface area contributed by atoms with Crippen molar-refractivity contribution in [1.29, 1.82) is 0 Å². The van der Waals surface area contributed by atoms with E-state index in [1.165, 1.54) is 5.69 Å². The first kappa shape index (κ1) is 12.7. The van der Waals surface area contributed by atoms with E-state index in [2.05, 4.69) is 34.9 Å². The highest BCUT2D eigenvalue weighted by molar-refractivity contribution is 9.10. The summed E-state index contributed by atoms with van der Waals surface area (Å²) in [7, 11) is 0. The van der Waals surface area contributed by atoms with Gasteiger partial charge >= 0.3 is 0 Å². The van der Waals surface area contributed by atoms with Gasteiger partial charge in [-0.05, 0) is 48.5 Å². The summed E-state index contributed by atoms with van der Waals surface area (Å²) in [6.07, 6.45) is 1.97. The van der Waals surface area contributed by atoms with Gasteiger partial charge in [-0.2, -0.15) is 5.10 Å². The number of aromatic nitrogens is 2. The van der Waals surface area contributed by atoms with Crippen molar-refractivity contribution < 1.29 is 5.11 Å². The summed E-state index contributed by atoms with van der Waals surface area (Å²) in [6.45, 7) is 7.33. The van der Waals surface area contributed by atoms with Crippen LogP contribution in [0.4, 0.5) is 0 Å². The van der Waals surface area contributed by atoms with Gasteiger partial charge in [0.1, 0.15) is 0 Å². The molecule has 0 spiro atoms. The van der Waals surface area contributed by atoms with Crippen molar-refractivity contribution in [2.24, 2.45) is 5.92 Å². The van der Waals surface area contributed by atoms with Crippen LogP contribution in [0.15, 0.2) is 4.47 Å². The Morgan fingerprint density at radius 3 is 2.73 bits per heavy atom. The largest absolute Gasteiger partial charge is 0.396 e. The van der Waals surface area contributed by atoms with Gasteiger partial charge in [0.05, 0.1) is 15.9 Å². The van der Waals surface area contributed by atoms with Crippen LogP contribution in [0.25, 0.3) is 0 Å². The normalized spacial score (nSPS) is 13.1. The lowest BCUT2D eigenvalue weighted by Crippen LogP contribution is -2.07. The smallest absolute Gasteiger partial charge is 0.0738 e. The summed E-state index contributed by atoms with van der Waals surface area (Å²) in [5.74, 6) is 0.359. The van der Waals surface area contributed by atoms with Gasteiger partial charge in [-0.15, -0.1) is 0 Å². The molecule has 15 heavy (non-hydrogen) atoms.